The van der Waals surface area contributed by atoms with Crippen molar-refractivity contribution >= 4 is 23.9 Å². The number of rotatable bonds is 2. The van der Waals surface area contributed by atoms with Crippen molar-refractivity contribution in [3.05, 3.63) is 0 Å². The maximum Gasteiger partial charge on any atom is 0.346 e. The van der Waals surface area contributed by atoms with Crippen molar-refractivity contribution in [2.75, 3.05) is 0 Å². The third kappa shape index (κ3) is 2.59. The van der Waals surface area contributed by atoms with Crippen LogP contribution in [-0.4, -0.2) is 34.6 Å². The molecule has 15 heavy (non-hydrogen) atoms. The number of carbonyl (C=O) groups is 4. The quantitative estimate of drug-likeness (QED) is 0.450. The average molecular weight is 216 g/mol. The first-order valence-corrected chi connectivity index (χ1v) is 4.02. The topological polar surface area (TPSA) is 107 Å². The molecular weight excluding hydrogens is 208 g/mol. The highest BCUT2D eigenvalue weighted by molar-refractivity contribution is 6.01. The summed E-state index contributed by atoms with van der Waals surface area (Å²) in [6, 6.07) is 0. The summed E-state index contributed by atoms with van der Waals surface area (Å²) in [7, 11) is 0. The predicted molar refractivity (Wildman–Crippen MR) is 42.1 cm³/mol. The van der Waals surface area contributed by atoms with Crippen LogP contribution in [0.15, 0.2) is 0 Å². The molecule has 1 unspecified atom stereocenters. The Labute approximate surface area is 84.0 Å². The zero-order chi connectivity index (χ0) is 11.6. The highest BCUT2D eigenvalue weighted by Crippen LogP contribution is 2.25. The minimum absolute atomic E-state index is 0.612. The minimum atomic E-state index is -2.20. The Morgan fingerprint density at radius 1 is 1.53 bits per heavy atom. The lowest BCUT2D eigenvalue weighted by molar-refractivity contribution is -0.168. The molecule has 0 amide bonds. The van der Waals surface area contributed by atoms with E-state index in [1.807, 2.05) is 0 Å². The van der Waals surface area contributed by atoms with Crippen LogP contribution in [0, 0.1) is 0 Å². The predicted octanol–water partition coefficient (Wildman–Crippen LogP) is -1.33. The molecule has 0 bridgehead atoms. The summed E-state index contributed by atoms with van der Waals surface area (Å²) in [5, 5.41) is 9.51. The van der Waals surface area contributed by atoms with E-state index in [1.165, 1.54) is 0 Å². The van der Waals surface area contributed by atoms with Gasteiger partial charge in [0.05, 0.1) is 12.8 Å². The summed E-state index contributed by atoms with van der Waals surface area (Å²) < 4.78 is 8.17. The maximum atomic E-state index is 10.9. The summed E-state index contributed by atoms with van der Waals surface area (Å²) in [6.45, 7) is 1.00. The van der Waals surface area contributed by atoms with Gasteiger partial charge >= 0.3 is 23.9 Å². The molecule has 0 aromatic rings. The molecule has 1 atom stereocenters. The van der Waals surface area contributed by atoms with Gasteiger partial charge in [0.15, 0.2) is 5.60 Å². The van der Waals surface area contributed by atoms with Crippen molar-refractivity contribution in [1.29, 1.82) is 0 Å². The van der Waals surface area contributed by atoms with Gasteiger partial charge in [0.1, 0.15) is 0 Å². The maximum absolute atomic E-state index is 10.9. The van der Waals surface area contributed by atoms with Gasteiger partial charge in [-0.1, -0.05) is 0 Å². The lowest BCUT2D eigenvalue weighted by Crippen LogP contribution is -2.37. The molecule has 0 spiro atoms. The molecule has 0 aromatic heterocycles. The molecule has 0 aliphatic carbocycles. The third-order valence-corrected chi connectivity index (χ3v) is 1.72. The summed E-state index contributed by atoms with van der Waals surface area (Å²) in [4.78, 5) is 42.9. The summed E-state index contributed by atoms with van der Waals surface area (Å²) in [5.74, 6) is -4.07. The molecule has 7 heteroatoms. The SMILES string of the molecule is CC(=O)OC(=O)CC1(O)CC(=O)OC1=O. The monoisotopic (exact) mass is 216 g/mol. The van der Waals surface area contributed by atoms with Crippen molar-refractivity contribution in [2.24, 2.45) is 0 Å². The molecule has 1 heterocycles. The van der Waals surface area contributed by atoms with Gasteiger partial charge in [0.25, 0.3) is 0 Å². The molecule has 1 fully saturated rings. The fourth-order valence-corrected chi connectivity index (χ4v) is 1.12. The van der Waals surface area contributed by atoms with Crippen molar-refractivity contribution in [3.63, 3.8) is 0 Å². The highest BCUT2D eigenvalue weighted by atomic mass is 16.6. The van der Waals surface area contributed by atoms with Gasteiger partial charge < -0.3 is 14.6 Å². The normalized spacial score (nSPS) is 24.9. The molecule has 1 aliphatic heterocycles. The van der Waals surface area contributed by atoms with Gasteiger partial charge in [-0.3, -0.25) is 14.4 Å². The van der Waals surface area contributed by atoms with E-state index < -0.39 is 42.3 Å². The van der Waals surface area contributed by atoms with E-state index in [-0.39, 0.29) is 0 Å². The van der Waals surface area contributed by atoms with E-state index in [2.05, 4.69) is 9.47 Å². The number of cyclic esters (lactones) is 2. The van der Waals surface area contributed by atoms with Gasteiger partial charge in [0.2, 0.25) is 0 Å². The molecule has 7 nitrogen and oxygen atoms in total. The van der Waals surface area contributed by atoms with Crippen LogP contribution in [0.5, 0.6) is 0 Å². The van der Waals surface area contributed by atoms with E-state index >= 15 is 0 Å². The molecular formula is C8H8O7. The summed E-state index contributed by atoms with van der Waals surface area (Å²) >= 11 is 0. The molecule has 0 radical (unpaired) electrons. The van der Waals surface area contributed by atoms with Crippen LogP contribution in [0.25, 0.3) is 0 Å². The van der Waals surface area contributed by atoms with E-state index in [4.69, 9.17) is 0 Å². The minimum Gasteiger partial charge on any atom is -0.393 e. The third-order valence-electron chi connectivity index (χ3n) is 1.72. The second kappa shape index (κ2) is 3.77. The number of ether oxygens (including phenoxy) is 2. The smallest absolute Gasteiger partial charge is 0.346 e. The zero-order valence-electron chi connectivity index (χ0n) is 7.81. The average Bonchev–Trinajstić information content (AvgIpc) is 2.22. The van der Waals surface area contributed by atoms with Gasteiger partial charge in [-0.25, -0.2) is 4.79 Å². The summed E-state index contributed by atoms with van der Waals surface area (Å²) in [6.07, 6.45) is -1.39. The van der Waals surface area contributed by atoms with E-state index in [1.54, 1.807) is 0 Å². The summed E-state index contributed by atoms with van der Waals surface area (Å²) in [5.41, 5.74) is -2.20. The number of esters is 4. The standard InChI is InChI=1S/C8H8O7/c1-4(9)14-5(10)2-8(13)3-6(11)15-7(8)12/h13H,2-3H2,1H3. The van der Waals surface area contributed by atoms with Crippen molar-refractivity contribution in [1.82, 2.24) is 0 Å². The van der Waals surface area contributed by atoms with E-state index in [0.29, 0.717) is 0 Å². The Morgan fingerprint density at radius 3 is 2.53 bits per heavy atom. The zero-order valence-corrected chi connectivity index (χ0v) is 7.81. The largest absolute Gasteiger partial charge is 0.393 e. The van der Waals surface area contributed by atoms with Crippen molar-refractivity contribution < 1.29 is 33.8 Å². The number of aliphatic hydroxyl groups is 1. The highest BCUT2D eigenvalue weighted by Gasteiger charge is 2.49. The van der Waals surface area contributed by atoms with Gasteiger partial charge in [-0.15, -0.1) is 0 Å². The van der Waals surface area contributed by atoms with Crippen LogP contribution in [0.3, 0.4) is 0 Å². The molecule has 0 aromatic carbocycles. The molecule has 82 valence electrons. The number of carbonyl (C=O) groups excluding carboxylic acids is 4. The van der Waals surface area contributed by atoms with Crippen LogP contribution >= 0.6 is 0 Å². The first-order chi connectivity index (χ1) is 6.83. The molecule has 0 saturated carbocycles. The molecule has 1 rings (SSSR count). The van der Waals surface area contributed by atoms with Crippen molar-refractivity contribution in [2.45, 2.75) is 25.4 Å². The second-order valence-electron chi connectivity index (χ2n) is 3.11. The molecule has 1 saturated heterocycles. The Hall–Kier alpha value is -1.76. The fraction of sp³-hybridized carbons (Fsp3) is 0.500. The fourth-order valence-electron chi connectivity index (χ4n) is 1.12. The van der Waals surface area contributed by atoms with Gasteiger partial charge in [0, 0.05) is 6.92 Å². The second-order valence-corrected chi connectivity index (χ2v) is 3.11. The van der Waals surface area contributed by atoms with E-state index in [9.17, 15) is 24.3 Å². The first kappa shape index (κ1) is 11.3. The molecule has 1 N–H and O–H groups in total. The van der Waals surface area contributed by atoms with Crippen LogP contribution < -0.4 is 0 Å². The Bertz CT molecular complexity index is 345. The number of hydrogen-bond donors (Lipinski definition) is 1. The lowest BCUT2D eigenvalue weighted by Gasteiger charge is -2.13. The van der Waals surface area contributed by atoms with Gasteiger partial charge in [-0.05, 0) is 0 Å². The van der Waals surface area contributed by atoms with Gasteiger partial charge in [-0.2, -0.15) is 0 Å². The lowest BCUT2D eigenvalue weighted by atomic mass is 9.98. The number of hydrogen-bond acceptors (Lipinski definition) is 7. The Morgan fingerprint density at radius 2 is 2.13 bits per heavy atom. The van der Waals surface area contributed by atoms with E-state index in [0.717, 1.165) is 6.92 Å². The first-order valence-electron chi connectivity index (χ1n) is 4.02. The van der Waals surface area contributed by atoms with Crippen LogP contribution in [-0.2, 0) is 28.7 Å². The van der Waals surface area contributed by atoms with Crippen molar-refractivity contribution in [3.8, 4) is 0 Å². The van der Waals surface area contributed by atoms with Crippen LogP contribution in [0.1, 0.15) is 19.8 Å². The molecule has 1 aliphatic rings. The van der Waals surface area contributed by atoms with Crippen LogP contribution in [0.4, 0.5) is 0 Å². The van der Waals surface area contributed by atoms with Crippen LogP contribution in [0.2, 0.25) is 0 Å². The Balaban J connectivity index is 2.64. The Kier molecular flexibility index (Phi) is 2.85.